The number of hydrogen-bond acceptors (Lipinski definition) is 2. The molecule has 3 aromatic rings. The molecule has 0 aliphatic rings. The molecule has 1 aromatic heterocycles. The highest BCUT2D eigenvalue weighted by Crippen LogP contribution is 2.21. The molecule has 19 heavy (non-hydrogen) atoms. The van der Waals surface area contributed by atoms with Gasteiger partial charge in [-0.25, -0.2) is 0 Å². The normalized spacial score (nSPS) is 10.5. The second kappa shape index (κ2) is 5.00. The Labute approximate surface area is 120 Å². The molecule has 0 saturated carbocycles. The van der Waals surface area contributed by atoms with E-state index < -0.39 is 0 Å². The van der Waals surface area contributed by atoms with Crippen LogP contribution in [0.2, 0.25) is 5.02 Å². The van der Waals surface area contributed by atoms with Gasteiger partial charge in [-0.3, -0.25) is 0 Å². The average molecular weight is 286 g/mol. The van der Waals surface area contributed by atoms with E-state index >= 15 is 0 Å². The van der Waals surface area contributed by atoms with Gasteiger partial charge in [0.15, 0.2) is 6.54 Å². The summed E-state index contributed by atoms with van der Waals surface area (Å²) in [6.45, 7) is 0.799. The molecule has 0 amide bonds. The monoisotopic (exact) mass is 285 g/mol. The highest BCUT2D eigenvalue weighted by atomic mass is 35.5. The SMILES string of the molecule is N#Cc1ccc(C[n+]2csc3cc(Cl)ccc32)cc1. The second-order valence-corrected chi connectivity index (χ2v) is 5.59. The van der Waals surface area contributed by atoms with Crippen LogP contribution in [0, 0.1) is 11.3 Å². The van der Waals surface area contributed by atoms with E-state index in [4.69, 9.17) is 16.9 Å². The summed E-state index contributed by atoms with van der Waals surface area (Å²) < 4.78 is 3.37. The summed E-state index contributed by atoms with van der Waals surface area (Å²) in [6.07, 6.45) is 0. The van der Waals surface area contributed by atoms with Crippen molar-refractivity contribution in [2.75, 3.05) is 0 Å². The maximum Gasteiger partial charge on any atom is 0.226 e. The third-order valence-electron chi connectivity index (χ3n) is 2.97. The molecule has 0 spiro atoms. The van der Waals surface area contributed by atoms with Crippen LogP contribution in [-0.2, 0) is 6.54 Å². The molecule has 0 unspecified atom stereocenters. The lowest BCUT2D eigenvalue weighted by atomic mass is 10.1. The molecule has 92 valence electrons. The van der Waals surface area contributed by atoms with Crippen LogP contribution in [0.15, 0.2) is 48.0 Å². The summed E-state index contributed by atoms with van der Waals surface area (Å²) >= 11 is 7.67. The van der Waals surface area contributed by atoms with E-state index in [0.717, 1.165) is 11.6 Å². The van der Waals surface area contributed by atoms with Gasteiger partial charge in [0.2, 0.25) is 11.0 Å². The first-order valence-corrected chi connectivity index (χ1v) is 7.07. The fraction of sp³-hybridized carbons (Fsp3) is 0.0667. The minimum Gasteiger partial charge on any atom is -0.192 e. The molecule has 0 aliphatic carbocycles. The lowest BCUT2D eigenvalue weighted by Gasteiger charge is -1.97. The quantitative estimate of drug-likeness (QED) is 0.659. The molecule has 0 atom stereocenters. The summed E-state index contributed by atoms with van der Waals surface area (Å²) in [6, 6.07) is 15.7. The number of hydrogen-bond donors (Lipinski definition) is 0. The molecular formula is C15H10ClN2S+. The van der Waals surface area contributed by atoms with Crippen LogP contribution < -0.4 is 4.57 Å². The summed E-state index contributed by atoms with van der Waals surface area (Å²) in [5.41, 5.74) is 5.15. The van der Waals surface area contributed by atoms with E-state index in [9.17, 15) is 0 Å². The Bertz CT molecular complexity index is 769. The summed E-state index contributed by atoms with van der Waals surface area (Å²) in [5, 5.41) is 9.55. The number of benzene rings is 2. The van der Waals surface area contributed by atoms with Crippen molar-refractivity contribution in [3.63, 3.8) is 0 Å². The predicted octanol–water partition coefficient (Wildman–Crippen LogP) is 3.76. The number of fused-ring (bicyclic) bond motifs is 1. The molecule has 2 aromatic carbocycles. The zero-order valence-electron chi connectivity index (χ0n) is 10.0. The number of halogens is 1. The molecule has 1 heterocycles. The number of rotatable bonds is 2. The standard InChI is InChI=1S/C15H10ClN2S/c16-13-5-6-14-15(7-13)19-10-18(14)9-12-3-1-11(8-17)2-4-12/h1-7,10H,9H2/q+1. The van der Waals surface area contributed by atoms with Crippen LogP contribution in [0.1, 0.15) is 11.1 Å². The van der Waals surface area contributed by atoms with Gasteiger partial charge in [-0.05, 0) is 24.3 Å². The van der Waals surface area contributed by atoms with Crippen LogP contribution >= 0.6 is 22.9 Å². The predicted molar refractivity (Wildman–Crippen MR) is 77.3 cm³/mol. The Hall–Kier alpha value is -1.89. The molecule has 3 rings (SSSR count). The van der Waals surface area contributed by atoms with E-state index in [-0.39, 0.29) is 0 Å². The number of thiazole rings is 1. The first-order chi connectivity index (χ1) is 9.26. The van der Waals surface area contributed by atoms with Crippen molar-refractivity contribution < 1.29 is 4.57 Å². The van der Waals surface area contributed by atoms with Crippen LogP contribution in [0.5, 0.6) is 0 Å². The summed E-state index contributed by atoms with van der Waals surface area (Å²) in [7, 11) is 0. The maximum atomic E-state index is 8.79. The Morgan fingerprint density at radius 2 is 1.95 bits per heavy atom. The number of nitrogens with zero attached hydrogens (tertiary/aromatic N) is 2. The van der Waals surface area contributed by atoms with Crippen molar-refractivity contribution >= 4 is 33.2 Å². The minimum absolute atomic E-state index is 0.690. The van der Waals surface area contributed by atoms with Crippen molar-refractivity contribution in [2.24, 2.45) is 0 Å². The summed E-state index contributed by atoms with van der Waals surface area (Å²) in [5.74, 6) is 0. The first kappa shape index (κ1) is 12.2. The third-order valence-corrected chi connectivity index (χ3v) is 4.15. The van der Waals surface area contributed by atoms with Gasteiger partial charge in [0, 0.05) is 16.7 Å². The van der Waals surface area contributed by atoms with Gasteiger partial charge in [-0.1, -0.05) is 35.1 Å². The van der Waals surface area contributed by atoms with Gasteiger partial charge in [-0.15, -0.1) is 0 Å². The molecule has 4 heteroatoms. The van der Waals surface area contributed by atoms with Crippen molar-refractivity contribution in [1.29, 1.82) is 5.26 Å². The topological polar surface area (TPSA) is 27.7 Å². The lowest BCUT2D eigenvalue weighted by molar-refractivity contribution is -0.658. The molecule has 0 radical (unpaired) electrons. The molecule has 0 fully saturated rings. The zero-order valence-corrected chi connectivity index (χ0v) is 11.6. The van der Waals surface area contributed by atoms with Gasteiger partial charge in [0.1, 0.15) is 4.70 Å². The van der Waals surface area contributed by atoms with Crippen molar-refractivity contribution in [2.45, 2.75) is 6.54 Å². The van der Waals surface area contributed by atoms with Crippen molar-refractivity contribution in [1.82, 2.24) is 0 Å². The Morgan fingerprint density at radius 1 is 1.16 bits per heavy atom. The molecule has 0 N–H and O–H groups in total. The average Bonchev–Trinajstić information content (AvgIpc) is 2.82. The van der Waals surface area contributed by atoms with E-state index in [1.54, 1.807) is 11.3 Å². The number of nitriles is 1. The van der Waals surface area contributed by atoms with E-state index in [2.05, 4.69) is 16.1 Å². The summed E-state index contributed by atoms with van der Waals surface area (Å²) in [4.78, 5) is 0. The highest BCUT2D eigenvalue weighted by Gasteiger charge is 2.12. The number of aromatic nitrogens is 1. The molecule has 0 aliphatic heterocycles. The fourth-order valence-electron chi connectivity index (χ4n) is 2.00. The van der Waals surface area contributed by atoms with Gasteiger partial charge in [0.05, 0.1) is 11.6 Å². The van der Waals surface area contributed by atoms with Crippen LogP contribution in [0.4, 0.5) is 0 Å². The van der Waals surface area contributed by atoms with E-state index in [1.807, 2.05) is 42.5 Å². The van der Waals surface area contributed by atoms with Gasteiger partial charge >= 0.3 is 0 Å². The zero-order chi connectivity index (χ0) is 13.2. The lowest BCUT2D eigenvalue weighted by Crippen LogP contribution is -2.31. The Balaban J connectivity index is 1.94. The van der Waals surface area contributed by atoms with Gasteiger partial charge in [-0.2, -0.15) is 9.83 Å². The van der Waals surface area contributed by atoms with Crippen LogP contribution in [0.3, 0.4) is 0 Å². The van der Waals surface area contributed by atoms with Crippen LogP contribution in [-0.4, -0.2) is 0 Å². The van der Waals surface area contributed by atoms with Crippen molar-refractivity contribution in [3.05, 3.63) is 64.1 Å². The largest absolute Gasteiger partial charge is 0.226 e. The third kappa shape index (κ3) is 2.46. The smallest absolute Gasteiger partial charge is 0.192 e. The maximum absolute atomic E-state index is 8.79. The highest BCUT2D eigenvalue weighted by molar-refractivity contribution is 7.16. The molecule has 0 saturated heterocycles. The van der Waals surface area contributed by atoms with Crippen LogP contribution in [0.25, 0.3) is 10.2 Å². The minimum atomic E-state index is 0.690. The Kier molecular flexibility index (Phi) is 3.20. The van der Waals surface area contributed by atoms with Gasteiger partial charge in [0.25, 0.3) is 0 Å². The van der Waals surface area contributed by atoms with E-state index in [1.165, 1.54) is 15.8 Å². The molecule has 0 bridgehead atoms. The Morgan fingerprint density at radius 3 is 2.68 bits per heavy atom. The fourth-order valence-corrected chi connectivity index (χ4v) is 3.17. The molecule has 2 nitrogen and oxygen atoms in total. The van der Waals surface area contributed by atoms with Gasteiger partial charge < -0.3 is 0 Å². The second-order valence-electron chi connectivity index (χ2n) is 4.27. The van der Waals surface area contributed by atoms with Crippen molar-refractivity contribution in [3.8, 4) is 6.07 Å². The first-order valence-electron chi connectivity index (χ1n) is 5.81. The van der Waals surface area contributed by atoms with E-state index in [0.29, 0.717) is 5.56 Å². The molecular weight excluding hydrogens is 276 g/mol.